The van der Waals surface area contributed by atoms with Gasteiger partial charge in [0.1, 0.15) is 11.4 Å². The monoisotopic (exact) mass is 350 g/mol. The van der Waals surface area contributed by atoms with Crippen LogP contribution in [0.5, 0.6) is 0 Å². The summed E-state index contributed by atoms with van der Waals surface area (Å²) in [6.45, 7) is 1.86. The minimum Gasteiger partial charge on any atom is -0.368 e. The quantitative estimate of drug-likeness (QED) is 0.861. The van der Waals surface area contributed by atoms with Gasteiger partial charge in [-0.15, -0.1) is 0 Å². The molecule has 0 aliphatic heterocycles. The largest absolute Gasteiger partial charge is 0.368 e. The summed E-state index contributed by atoms with van der Waals surface area (Å²) in [7, 11) is 0. The first-order valence-electron chi connectivity index (χ1n) is 6.57. The maximum Gasteiger partial charge on any atom is 0.247 e. The van der Waals surface area contributed by atoms with E-state index < -0.39 is 11.4 Å². The Hall–Kier alpha value is -1.88. The molecule has 0 aromatic heterocycles. The number of hydrogen-bond acceptors (Lipinski definition) is 2. The zero-order valence-electron chi connectivity index (χ0n) is 11.6. The minimum atomic E-state index is -1.09. The van der Waals surface area contributed by atoms with Crippen LogP contribution < -0.4 is 11.1 Å². The van der Waals surface area contributed by atoms with Crippen LogP contribution in [0.15, 0.2) is 53.0 Å². The summed E-state index contributed by atoms with van der Waals surface area (Å²) in [5.41, 5.74) is 5.80. The van der Waals surface area contributed by atoms with Crippen molar-refractivity contribution in [2.75, 3.05) is 5.32 Å². The molecule has 2 aromatic rings. The average molecular weight is 351 g/mol. The van der Waals surface area contributed by atoms with Crippen molar-refractivity contribution in [2.24, 2.45) is 5.73 Å². The fraction of sp³-hybridized carbons (Fsp3) is 0.188. The third kappa shape index (κ3) is 3.24. The van der Waals surface area contributed by atoms with E-state index in [0.29, 0.717) is 12.1 Å². The Morgan fingerprint density at radius 2 is 2.00 bits per heavy atom. The van der Waals surface area contributed by atoms with Crippen molar-refractivity contribution >= 4 is 27.5 Å². The lowest BCUT2D eigenvalue weighted by Crippen LogP contribution is -2.47. The molecule has 0 aliphatic carbocycles. The molecule has 0 saturated heterocycles. The van der Waals surface area contributed by atoms with Gasteiger partial charge in [-0.05, 0) is 42.3 Å². The highest BCUT2D eigenvalue weighted by Gasteiger charge is 2.37. The number of nitrogens with two attached hydrogens (primary N) is 1. The summed E-state index contributed by atoms with van der Waals surface area (Å²) in [6.07, 6.45) is 0.440. The topological polar surface area (TPSA) is 55.1 Å². The van der Waals surface area contributed by atoms with Gasteiger partial charge in [-0.2, -0.15) is 0 Å². The Morgan fingerprint density at radius 1 is 1.29 bits per heavy atom. The van der Waals surface area contributed by atoms with Gasteiger partial charge in [0.05, 0.1) is 0 Å². The number of amides is 1. The van der Waals surface area contributed by atoms with Gasteiger partial charge in [0.2, 0.25) is 5.91 Å². The average Bonchev–Trinajstić information content (AvgIpc) is 2.44. The summed E-state index contributed by atoms with van der Waals surface area (Å²) >= 11 is 3.39. The molecule has 21 heavy (non-hydrogen) atoms. The number of nitrogens with one attached hydrogen (secondary N) is 1. The lowest BCUT2D eigenvalue weighted by molar-refractivity contribution is -0.122. The van der Waals surface area contributed by atoms with E-state index >= 15 is 0 Å². The van der Waals surface area contributed by atoms with Crippen molar-refractivity contribution in [1.82, 2.24) is 0 Å². The Morgan fingerprint density at radius 3 is 2.57 bits per heavy atom. The fourth-order valence-corrected chi connectivity index (χ4v) is 2.71. The van der Waals surface area contributed by atoms with Crippen molar-refractivity contribution in [1.29, 1.82) is 0 Å². The standard InChI is InChI=1S/C16H16BrFN2O/c1-2-16(15(19)21,11-5-3-6-12(17)9-11)20-14-8-4-7-13(18)10-14/h3-10,20H,2H2,1H3,(H2,19,21). The normalized spacial score (nSPS) is 13.5. The molecule has 2 aromatic carbocycles. The lowest BCUT2D eigenvalue weighted by atomic mass is 9.86. The number of anilines is 1. The molecule has 3 nitrogen and oxygen atoms in total. The Balaban J connectivity index is 2.49. The van der Waals surface area contributed by atoms with Gasteiger partial charge in [0, 0.05) is 10.2 Å². The molecule has 0 fully saturated rings. The highest BCUT2D eigenvalue weighted by Crippen LogP contribution is 2.31. The summed E-state index contributed by atoms with van der Waals surface area (Å²) < 4.78 is 14.2. The molecule has 0 radical (unpaired) electrons. The first kappa shape index (κ1) is 15.5. The number of carbonyl (C=O) groups is 1. The van der Waals surface area contributed by atoms with E-state index in [1.54, 1.807) is 12.1 Å². The van der Waals surface area contributed by atoms with Crippen molar-refractivity contribution in [2.45, 2.75) is 18.9 Å². The smallest absolute Gasteiger partial charge is 0.247 e. The van der Waals surface area contributed by atoms with E-state index in [1.165, 1.54) is 12.1 Å². The predicted octanol–water partition coefficient (Wildman–Crippen LogP) is 3.79. The molecule has 3 N–H and O–H groups in total. The van der Waals surface area contributed by atoms with Gasteiger partial charge in [0.15, 0.2) is 0 Å². The van der Waals surface area contributed by atoms with Crippen LogP contribution in [0.3, 0.4) is 0 Å². The number of benzene rings is 2. The molecule has 0 heterocycles. The molecule has 1 unspecified atom stereocenters. The van der Waals surface area contributed by atoms with E-state index in [0.717, 1.165) is 10.0 Å². The van der Waals surface area contributed by atoms with Gasteiger partial charge >= 0.3 is 0 Å². The third-order valence-electron chi connectivity index (χ3n) is 3.45. The van der Waals surface area contributed by atoms with E-state index in [4.69, 9.17) is 5.73 Å². The molecular formula is C16H16BrFN2O. The molecule has 0 spiro atoms. The molecule has 1 amide bonds. The first-order chi connectivity index (χ1) is 9.98. The number of halogens is 2. The van der Waals surface area contributed by atoms with Crippen LogP contribution in [-0.2, 0) is 10.3 Å². The summed E-state index contributed by atoms with van der Waals surface area (Å²) in [6, 6.07) is 13.3. The summed E-state index contributed by atoms with van der Waals surface area (Å²) in [5, 5.41) is 3.09. The van der Waals surface area contributed by atoms with Crippen LogP contribution >= 0.6 is 15.9 Å². The van der Waals surface area contributed by atoms with Crippen LogP contribution in [0.4, 0.5) is 10.1 Å². The van der Waals surface area contributed by atoms with Gasteiger partial charge in [-0.1, -0.05) is 41.1 Å². The molecule has 0 saturated carbocycles. The summed E-state index contributed by atoms with van der Waals surface area (Å²) in [5.74, 6) is -0.879. The van der Waals surface area contributed by atoms with E-state index in [1.807, 2.05) is 31.2 Å². The van der Waals surface area contributed by atoms with Crippen molar-refractivity contribution in [3.63, 3.8) is 0 Å². The van der Waals surface area contributed by atoms with Crippen LogP contribution in [0.2, 0.25) is 0 Å². The zero-order valence-corrected chi connectivity index (χ0v) is 13.2. The van der Waals surface area contributed by atoms with E-state index in [2.05, 4.69) is 21.2 Å². The zero-order chi connectivity index (χ0) is 15.5. The van der Waals surface area contributed by atoms with Crippen LogP contribution in [0.25, 0.3) is 0 Å². The maximum atomic E-state index is 13.4. The molecule has 110 valence electrons. The maximum absolute atomic E-state index is 13.4. The molecule has 1 atom stereocenters. The number of carbonyl (C=O) groups excluding carboxylic acids is 1. The fourth-order valence-electron chi connectivity index (χ4n) is 2.31. The van der Waals surface area contributed by atoms with E-state index in [-0.39, 0.29) is 5.82 Å². The van der Waals surface area contributed by atoms with Gasteiger partial charge in [-0.25, -0.2) is 4.39 Å². The van der Waals surface area contributed by atoms with Crippen LogP contribution in [0, 0.1) is 5.82 Å². The summed E-state index contributed by atoms with van der Waals surface area (Å²) in [4.78, 5) is 12.1. The van der Waals surface area contributed by atoms with Gasteiger partial charge in [0.25, 0.3) is 0 Å². The van der Waals surface area contributed by atoms with Crippen LogP contribution in [-0.4, -0.2) is 5.91 Å². The second kappa shape index (κ2) is 6.26. The Bertz CT molecular complexity index is 662. The highest BCUT2D eigenvalue weighted by molar-refractivity contribution is 9.10. The third-order valence-corrected chi connectivity index (χ3v) is 3.94. The molecule has 0 bridgehead atoms. The number of rotatable bonds is 5. The first-order valence-corrected chi connectivity index (χ1v) is 7.37. The second-order valence-corrected chi connectivity index (χ2v) is 5.68. The number of hydrogen-bond donors (Lipinski definition) is 2. The molecule has 0 aliphatic rings. The van der Waals surface area contributed by atoms with Gasteiger partial charge in [-0.3, -0.25) is 4.79 Å². The number of primary amides is 1. The molecular weight excluding hydrogens is 335 g/mol. The van der Waals surface area contributed by atoms with Gasteiger partial charge < -0.3 is 11.1 Å². The van der Waals surface area contributed by atoms with Crippen molar-refractivity contribution in [3.8, 4) is 0 Å². The van der Waals surface area contributed by atoms with E-state index in [9.17, 15) is 9.18 Å². The van der Waals surface area contributed by atoms with Crippen molar-refractivity contribution in [3.05, 3.63) is 64.4 Å². The predicted molar refractivity (Wildman–Crippen MR) is 85.3 cm³/mol. The van der Waals surface area contributed by atoms with Crippen LogP contribution in [0.1, 0.15) is 18.9 Å². The minimum absolute atomic E-state index is 0.372. The highest BCUT2D eigenvalue weighted by atomic mass is 79.9. The Labute approximate surface area is 131 Å². The molecule has 2 rings (SSSR count). The SMILES string of the molecule is CCC(Nc1cccc(F)c1)(C(N)=O)c1cccc(Br)c1. The Kier molecular flexibility index (Phi) is 4.63. The molecule has 5 heteroatoms. The second-order valence-electron chi connectivity index (χ2n) is 4.77. The van der Waals surface area contributed by atoms with Crippen molar-refractivity contribution < 1.29 is 9.18 Å². The lowest BCUT2D eigenvalue weighted by Gasteiger charge is -2.32.